The fourth-order valence-electron chi connectivity index (χ4n) is 2.11. The first kappa shape index (κ1) is 16.4. The first-order valence-corrected chi connectivity index (χ1v) is 8.62. The number of nitrogens with one attached hydrogen (secondary N) is 1. The number of ether oxygens (including phenoxy) is 1. The third kappa shape index (κ3) is 5.04. The van der Waals surface area contributed by atoms with Gasteiger partial charge >= 0.3 is 0 Å². The summed E-state index contributed by atoms with van der Waals surface area (Å²) in [6.07, 6.45) is 3.67. The normalized spacial score (nSPS) is 17.2. The summed E-state index contributed by atoms with van der Waals surface area (Å²) >= 11 is 0. The van der Waals surface area contributed by atoms with Gasteiger partial charge < -0.3 is 10.5 Å². The summed E-state index contributed by atoms with van der Waals surface area (Å²) in [5, 5.41) is 4.03. The number of hydrogen-bond donors (Lipinski definition) is 2. The zero-order valence-electron chi connectivity index (χ0n) is 12.1. The van der Waals surface area contributed by atoms with E-state index in [0.717, 1.165) is 19.5 Å². The number of morpholine rings is 1. The second kappa shape index (κ2) is 7.85. The maximum absolute atomic E-state index is 12.1. The molecule has 0 saturated carbocycles. The topological polar surface area (TPSA) is 102 Å². The fraction of sp³-hybridized carbons (Fsp3) is 0.750. The van der Waals surface area contributed by atoms with Crippen LogP contribution in [0.1, 0.15) is 6.42 Å². The maximum Gasteiger partial charge on any atom is 0.243 e. The molecule has 21 heavy (non-hydrogen) atoms. The van der Waals surface area contributed by atoms with Crippen molar-refractivity contribution in [1.82, 2.24) is 19.4 Å². The van der Waals surface area contributed by atoms with Gasteiger partial charge in [0.2, 0.25) is 10.0 Å². The van der Waals surface area contributed by atoms with Crippen LogP contribution < -0.4 is 10.5 Å². The molecule has 8 nitrogen and oxygen atoms in total. The Hall–Kier alpha value is -1.00. The molecule has 9 heteroatoms. The molecule has 1 aliphatic heterocycles. The number of aromatic nitrogens is 2. The van der Waals surface area contributed by atoms with Gasteiger partial charge in [0.05, 0.1) is 19.4 Å². The van der Waals surface area contributed by atoms with E-state index in [1.165, 1.54) is 12.4 Å². The van der Waals surface area contributed by atoms with Gasteiger partial charge in [-0.25, -0.2) is 13.1 Å². The Labute approximate surface area is 125 Å². The van der Waals surface area contributed by atoms with Crippen molar-refractivity contribution in [3.05, 3.63) is 12.4 Å². The maximum atomic E-state index is 12.1. The molecule has 0 bridgehead atoms. The molecule has 2 rings (SSSR count). The van der Waals surface area contributed by atoms with E-state index in [2.05, 4.69) is 14.7 Å². The molecule has 0 unspecified atom stereocenters. The standard InChI is InChI=1S/C12H23N5O3S/c13-2-1-4-17-11-12(10-14-17)21(18,19)15-3-5-16-6-8-20-9-7-16/h10-11,15H,1-9,13H2. The largest absolute Gasteiger partial charge is 0.379 e. The highest BCUT2D eigenvalue weighted by atomic mass is 32.2. The highest BCUT2D eigenvalue weighted by Gasteiger charge is 2.17. The minimum absolute atomic E-state index is 0.196. The van der Waals surface area contributed by atoms with E-state index in [1.54, 1.807) is 4.68 Å². The van der Waals surface area contributed by atoms with E-state index in [4.69, 9.17) is 10.5 Å². The van der Waals surface area contributed by atoms with Gasteiger partial charge in [-0.05, 0) is 13.0 Å². The molecule has 1 fully saturated rings. The van der Waals surface area contributed by atoms with Gasteiger partial charge in [-0.2, -0.15) is 5.10 Å². The molecular formula is C12H23N5O3S. The van der Waals surface area contributed by atoms with Gasteiger partial charge in [0.15, 0.2) is 0 Å². The number of hydrogen-bond acceptors (Lipinski definition) is 6. The average molecular weight is 317 g/mol. The molecule has 120 valence electrons. The van der Waals surface area contributed by atoms with E-state index >= 15 is 0 Å². The molecule has 1 saturated heterocycles. The van der Waals surface area contributed by atoms with Crippen molar-refractivity contribution in [1.29, 1.82) is 0 Å². The molecule has 0 aromatic carbocycles. The first-order chi connectivity index (χ1) is 10.1. The Morgan fingerprint density at radius 1 is 1.33 bits per heavy atom. The summed E-state index contributed by atoms with van der Waals surface area (Å²) in [6, 6.07) is 0. The van der Waals surface area contributed by atoms with Gasteiger partial charge in [-0.1, -0.05) is 0 Å². The number of nitrogens with two attached hydrogens (primary N) is 1. The predicted molar refractivity (Wildman–Crippen MR) is 78.3 cm³/mol. The van der Waals surface area contributed by atoms with Crippen LogP contribution in [0.3, 0.4) is 0 Å². The minimum atomic E-state index is -3.49. The van der Waals surface area contributed by atoms with E-state index < -0.39 is 10.0 Å². The van der Waals surface area contributed by atoms with Crippen LogP contribution in [-0.2, 0) is 21.3 Å². The van der Waals surface area contributed by atoms with Crippen molar-refractivity contribution in [3.63, 3.8) is 0 Å². The average Bonchev–Trinajstić information content (AvgIpc) is 2.96. The molecule has 3 N–H and O–H groups in total. The quantitative estimate of drug-likeness (QED) is 0.627. The lowest BCUT2D eigenvalue weighted by atomic mass is 10.4. The SMILES string of the molecule is NCCCn1cc(S(=O)(=O)NCCN2CCOCC2)cn1. The van der Waals surface area contributed by atoms with Gasteiger partial charge in [-0.3, -0.25) is 9.58 Å². The highest BCUT2D eigenvalue weighted by molar-refractivity contribution is 7.89. The minimum Gasteiger partial charge on any atom is -0.379 e. The lowest BCUT2D eigenvalue weighted by molar-refractivity contribution is 0.0390. The molecule has 0 spiro atoms. The Balaban J connectivity index is 1.81. The molecule has 1 aromatic heterocycles. The van der Waals surface area contributed by atoms with Crippen molar-refractivity contribution in [2.24, 2.45) is 5.73 Å². The van der Waals surface area contributed by atoms with Gasteiger partial charge in [0.1, 0.15) is 4.90 Å². The predicted octanol–water partition coefficient (Wildman–Crippen LogP) is -1.16. The van der Waals surface area contributed by atoms with Crippen LogP contribution in [0, 0.1) is 0 Å². The molecule has 0 aliphatic carbocycles. The molecule has 0 atom stereocenters. The summed E-state index contributed by atoms with van der Waals surface area (Å²) < 4.78 is 33.7. The van der Waals surface area contributed by atoms with Crippen molar-refractivity contribution in [2.45, 2.75) is 17.9 Å². The lowest BCUT2D eigenvalue weighted by Gasteiger charge is -2.26. The molecular weight excluding hydrogens is 294 g/mol. The molecule has 0 radical (unpaired) electrons. The molecule has 1 aliphatic rings. The Kier molecular flexibility index (Phi) is 6.12. The van der Waals surface area contributed by atoms with Crippen LogP contribution in [0.15, 0.2) is 17.3 Å². The Morgan fingerprint density at radius 2 is 2.10 bits per heavy atom. The van der Waals surface area contributed by atoms with Crippen LogP contribution >= 0.6 is 0 Å². The van der Waals surface area contributed by atoms with Crippen molar-refractivity contribution >= 4 is 10.0 Å². The lowest BCUT2D eigenvalue weighted by Crippen LogP contribution is -2.41. The summed E-state index contributed by atoms with van der Waals surface area (Å²) in [7, 11) is -3.49. The summed E-state index contributed by atoms with van der Waals surface area (Å²) in [4.78, 5) is 2.37. The van der Waals surface area contributed by atoms with Crippen molar-refractivity contribution in [3.8, 4) is 0 Å². The number of aryl methyl sites for hydroxylation is 1. The molecule has 1 aromatic rings. The van der Waals surface area contributed by atoms with Gasteiger partial charge in [0.25, 0.3) is 0 Å². The van der Waals surface area contributed by atoms with Crippen LogP contribution in [0.4, 0.5) is 0 Å². The number of nitrogens with zero attached hydrogens (tertiary/aromatic N) is 3. The molecule has 0 amide bonds. The van der Waals surface area contributed by atoms with E-state index in [-0.39, 0.29) is 4.90 Å². The van der Waals surface area contributed by atoms with Crippen molar-refractivity contribution in [2.75, 3.05) is 45.9 Å². The van der Waals surface area contributed by atoms with Gasteiger partial charge in [-0.15, -0.1) is 0 Å². The van der Waals surface area contributed by atoms with E-state index in [9.17, 15) is 8.42 Å². The van der Waals surface area contributed by atoms with Crippen LogP contribution in [-0.4, -0.2) is 69.0 Å². The molecule has 2 heterocycles. The first-order valence-electron chi connectivity index (χ1n) is 7.14. The van der Waals surface area contributed by atoms with E-state index in [1.807, 2.05) is 0 Å². The van der Waals surface area contributed by atoms with Crippen LogP contribution in [0.2, 0.25) is 0 Å². The summed E-state index contributed by atoms with van der Waals surface area (Å²) in [5.41, 5.74) is 5.42. The summed E-state index contributed by atoms with van der Waals surface area (Å²) in [6.45, 7) is 5.36. The highest BCUT2D eigenvalue weighted by Crippen LogP contribution is 2.07. The Morgan fingerprint density at radius 3 is 2.81 bits per heavy atom. The zero-order chi connectivity index (χ0) is 15.1. The second-order valence-corrected chi connectivity index (χ2v) is 6.70. The number of rotatable bonds is 8. The Bertz CT molecular complexity index is 525. The smallest absolute Gasteiger partial charge is 0.243 e. The van der Waals surface area contributed by atoms with Crippen LogP contribution in [0.25, 0.3) is 0 Å². The second-order valence-electron chi connectivity index (χ2n) is 4.93. The van der Waals surface area contributed by atoms with E-state index in [0.29, 0.717) is 39.4 Å². The number of sulfonamides is 1. The third-order valence-corrected chi connectivity index (χ3v) is 4.75. The van der Waals surface area contributed by atoms with Gasteiger partial charge in [0, 0.05) is 38.9 Å². The van der Waals surface area contributed by atoms with Crippen LogP contribution in [0.5, 0.6) is 0 Å². The summed E-state index contributed by atoms with van der Waals surface area (Å²) in [5.74, 6) is 0. The van der Waals surface area contributed by atoms with Crippen molar-refractivity contribution < 1.29 is 13.2 Å². The third-order valence-electron chi connectivity index (χ3n) is 3.34. The fourth-order valence-corrected chi connectivity index (χ4v) is 3.08. The zero-order valence-corrected chi connectivity index (χ0v) is 12.9. The monoisotopic (exact) mass is 317 g/mol.